The number of aliphatic hydroxyl groups excluding tert-OH is 1. The van der Waals surface area contributed by atoms with E-state index >= 15 is 0 Å². The summed E-state index contributed by atoms with van der Waals surface area (Å²) in [7, 11) is 0. The van der Waals surface area contributed by atoms with Crippen LogP contribution < -0.4 is 0 Å². The second kappa shape index (κ2) is 5.55. The van der Waals surface area contributed by atoms with Crippen LogP contribution in [0.5, 0.6) is 0 Å². The van der Waals surface area contributed by atoms with Gasteiger partial charge in [-0.1, -0.05) is 13.8 Å². The van der Waals surface area contributed by atoms with Crippen LogP contribution in [0.3, 0.4) is 0 Å². The zero-order valence-electron chi connectivity index (χ0n) is 16.4. The number of ketones is 1. The summed E-state index contributed by atoms with van der Waals surface area (Å²) in [5.74, 6) is 2.50. The van der Waals surface area contributed by atoms with E-state index in [2.05, 4.69) is 13.8 Å². The number of hydrogen-bond acceptors (Lipinski definition) is 3. The predicted molar refractivity (Wildman–Crippen MR) is 97.9 cm³/mol. The van der Waals surface area contributed by atoms with Gasteiger partial charge in [-0.15, -0.1) is 0 Å². The average molecular weight is 349 g/mol. The monoisotopic (exact) mass is 348 g/mol. The smallest absolute Gasteiger partial charge is 0.133 e. The number of carbonyl (C=O) groups excluding carboxylic acids is 1. The third kappa shape index (κ3) is 2.48. The number of Topliss-reactive ketones (excluding diaryl/α,β-unsaturated/α-hetero) is 1. The average Bonchev–Trinajstić information content (AvgIpc) is 2.84. The number of hydrogen-bond donors (Lipinski definition) is 2. The number of fused-ring (bicyclic) bond motifs is 5. The first-order valence-corrected chi connectivity index (χ1v) is 10.5. The topological polar surface area (TPSA) is 57.5 Å². The van der Waals surface area contributed by atoms with Crippen LogP contribution in [-0.2, 0) is 4.79 Å². The zero-order valence-corrected chi connectivity index (χ0v) is 16.4. The maximum Gasteiger partial charge on any atom is 0.133 e. The molecule has 25 heavy (non-hydrogen) atoms. The van der Waals surface area contributed by atoms with Crippen LogP contribution in [0.1, 0.15) is 79.1 Å². The van der Waals surface area contributed by atoms with Gasteiger partial charge in [-0.05, 0) is 99.7 Å². The van der Waals surface area contributed by atoms with Gasteiger partial charge in [0.15, 0.2) is 0 Å². The van der Waals surface area contributed by atoms with Crippen LogP contribution in [0.15, 0.2) is 0 Å². The van der Waals surface area contributed by atoms with Gasteiger partial charge in [0.05, 0.1) is 11.7 Å². The molecule has 9 atom stereocenters. The van der Waals surface area contributed by atoms with Gasteiger partial charge in [0.1, 0.15) is 5.78 Å². The lowest BCUT2D eigenvalue weighted by Gasteiger charge is -2.63. The molecule has 0 heterocycles. The van der Waals surface area contributed by atoms with Gasteiger partial charge >= 0.3 is 0 Å². The fraction of sp³-hybridized carbons (Fsp3) is 0.955. The molecule has 4 aliphatic rings. The molecule has 2 N–H and O–H groups in total. The maximum atomic E-state index is 12.2. The van der Waals surface area contributed by atoms with E-state index in [1.54, 1.807) is 6.92 Å². The van der Waals surface area contributed by atoms with Crippen LogP contribution in [0.2, 0.25) is 0 Å². The highest BCUT2D eigenvalue weighted by molar-refractivity contribution is 5.79. The highest BCUT2D eigenvalue weighted by Gasteiger charge is 2.64. The van der Waals surface area contributed by atoms with Gasteiger partial charge in [-0.25, -0.2) is 0 Å². The molecule has 142 valence electrons. The van der Waals surface area contributed by atoms with Crippen molar-refractivity contribution in [2.75, 3.05) is 0 Å². The molecule has 4 fully saturated rings. The van der Waals surface area contributed by atoms with E-state index in [4.69, 9.17) is 0 Å². The van der Waals surface area contributed by atoms with Crippen molar-refractivity contribution in [3.8, 4) is 0 Å². The number of carbonyl (C=O) groups is 1. The Balaban J connectivity index is 1.66. The predicted octanol–water partition coefficient (Wildman–Crippen LogP) is 3.96. The molecule has 0 aromatic carbocycles. The van der Waals surface area contributed by atoms with Crippen molar-refractivity contribution in [1.82, 2.24) is 0 Å². The van der Waals surface area contributed by atoms with Crippen molar-refractivity contribution in [3.63, 3.8) is 0 Å². The fourth-order valence-electron chi connectivity index (χ4n) is 8.22. The van der Waals surface area contributed by atoms with Crippen molar-refractivity contribution in [3.05, 3.63) is 0 Å². The van der Waals surface area contributed by atoms with E-state index in [0.717, 1.165) is 38.5 Å². The van der Waals surface area contributed by atoms with Crippen molar-refractivity contribution >= 4 is 5.78 Å². The summed E-state index contributed by atoms with van der Waals surface area (Å²) in [5, 5.41) is 21.9. The summed E-state index contributed by atoms with van der Waals surface area (Å²) < 4.78 is 0. The third-order valence-corrected chi connectivity index (χ3v) is 9.37. The lowest BCUT2D eigenvalue weighted by atomic mass is 9.43. The summed E-state index contributed by atoms with van der Waals surface area (Å²) >= 11 is 0. The Hall–Kier alpha value is -0.410. The van der Waals surface area contributed by atoms with Crippen molar-refractivity contribution < 1.29 is 15.0 Å². The highest BCUT2D eigenvalue weighted by Crippen LogP contribution is 2.68. The minimum absolute atomic E-state index is 0.00419. The molecule has 0 aliphatic heterocycles. The fourth-order valence-corrected chi connectivity index (χ4v) is 8.22. The molecule has 0 amide bonds. The minimum atomic E-state index is -0.530. The summed E-state index contributed by atoms with van der Waals surface area (Å²) in [5.41, 5.74) is -0.381. The van der Waals surface area contributed by atoms with Crippen LogP contribution >= 0.6 is 0 Å². The minimum Gasteiger partial charge on any atom is -0.393 e. The van der Waals surface area contributed by atoms with Crippen LogP contribution in [0.4, 0.5) is 0 Å². The largest absolute Gasteiger partial charge is 0.393 e. The molecule has 3 nitrogen and oxygen atoms in total. The molecule has 0 radical (unpaired) electrons. The lowest BCUT2D eigenvalue weighted by molar-refractivity contribution is -0.188. The first-order valence-electron chi connectivity index (χ1n) is 10.5. The van der Waals surface area contributed by atoms with Gasteiger partial charge in [0, 0.05) is 5.92 Å². The molecule has 4 aliphatic carbocycles. The number of rotatable bonds is 1. The normalized spacial score (nSPS) is 58.2. The van der Waals surface area contributed by atoms with Gasteiger partial charge in [-0.2, -0.15) is 0 Å². The highest BCUT2D eigenvalue weighted by atomic mass is 16.3. The molecule has 4 rings (SSSR count). The Morgan fingerprint density at radius 2 is 1.68 bits per heavy atom. The Kier molecular flexibility index (Phi) is 3.99. The Labute approximate surface area is 152 Å². The van der Waals surface area contributed by atoms with Crippen LogP contribution in [-0.4, -0.2) is 27.7 Å². The van der Waals surface area contributed by atoms with E-state index in [0.29, 0.717) is 29.5 Å². The Bertz CT molecular complexity index is 570. The molecular formula is C22H36O3. The van der Waals surface area contributed by atoms with Gasteiger partial charge in [0.25, 0.3) is 0 Å². The van der Waals surface area contributed by atoms with Crippen molar-refractivity contribution in [2.45, 2.75) is 90.8 Å². The second-order valence-electron chi connectivity index (χ2n) is 10.8. The number of aliphatic hydroxyl groups is 2. The molecule has 0 bridgehead atoms. The zero-order chi connectivity index (χ0) is 18.2. The standard InChI is InChI=1S/C22H36O3/c1-13(23)16-7-8-17-15-6-5-14-11-20(2,25)9-10-21(14,3)19(15)18(24)12-22(16,17)4/h14-19,24-25H,5-12H2,1-4H3/t14?,15-,16+,17-,18?,19+,20?,21-,22+/m0/s1. The van der Waals surface area contributed by atoms with Gasteiger partial charge in [0.2, 0.25) is 0 Å². The van der Waals surface area contributed by atoms with Crippen molar-refractivity contribution in [1.29, 1.82) is 0 Å². The molecular weight excluding hydrogens is 312 g/mol. The van der Waals surface area contributed by atoms with Gasteiger partial charge in [-0.3, -0.25) is 4.79 Å². The molecule has 4 saturated carbocycles. The molecule has 0 spiro atoms. The van der Waals surface area contributed by atoms with E-state index < -0.39 is 5.60 Å². The summed E-state index contributed by atoms with van der Waals surface area (Å²) in [6.45, 7) is 8.42. The van der Waals surface area contributed by atoms with E-state index in [-0.39, 0.29) is 22.9 Å². The summed E-state index contributed by atoms with van der Waals surface area (Å²) in [6.07, 6.45) is 7.80. The molecule has 3 unspecified atom stereocenters. The lowest BCUT2D eigenvalue weighted by Crippen LogP contribution is -2.60. The van der Waals surface area contributed by atoms with Crippen LogP contribution in [0, 0.1) is 40.4 Å². The molecule has 3 heteroatoms. The van der Waals surface area contributed by atoms with Crippen LogP contribution in [0.25, 0.3) is 0 Å². The summed E-state index contributed by atoms with van der Waals surface area (Å²) in [4.78, 5) is 12.2. The van der Waals surface area contributed by atoms with Gasteiger partial charge < -0.3 is 10.2 Å². The SMILES string of the molecule is CC(=O)[C@H]1CC[C@H]2[C@@H]3CCC4CC(C)(O)CC[C@]4(C)[C@H]3C(O)C[C@]12C. The second-order valence-corrected chi connectivity index (χ2v) is 10.8. The summed E-state index contributed by atoms with van der Waals surface area (Å²) in [6, 6.07) is 0. The quantitative estimate of drug-likeness (QED) is 0.754. The van der Waals surface area contributed by atoms with E-state index in [9.17, 15) is 15.0 Å². The van der Waals surface area contributed by atoms with Crippen molar-refractivity contribution in [2.24, 2.45) is 40.4 Å². The maximum absolute atomic E-state index is 12.2. The van der Waals surface area contributed by atoms with E-state index in [1.165, 1.54) is 12.8 Å². The van der Waals surface area contributed by atoms with E-state index in [1.807, 2.05) is 6.92 Å². The third-order valence-electron chi connectivity index (χ3n) is 9.37. The Morgan fingerprint density at radius 3 is 2.36 bits per heavy atom. The first kappa shape index (κ1) is 18.0. The molecule has 0 aromatic rings. The molecule has 0 saturated heterocycles. The first-order chi connectivity index (χ1) is 11.6. The Morgan fingerprint density at radius 1 is 0.960 bits per heavy atom. The molecule has 0 aromatic heterocycles.